The topological polar surface area (TPSA) is 84.9 Å². The third kappa shape index (κ3) is 6.07. The van der Waals surface area contributed by atoms with Gasteiger partial charge >= 0.3 is 5.97 Å². The normalized spacial score (nSPS) is 14.4. The summed E-state index contributed by atoms with van der Waals surface area (Å²) in [6.45, 7) is 3.21. The van der Waals surface area contributed by atoms with E-state index in [1.165, 1.54) is 0 Å². The number of amides is 2. The Morgan fingerprint density at radius 1 is 0.968 bits per heavy atom. The van der Waals surface area contributed by atoms with Crippen LogP contribution in [0.25, 0.3) is 0 Å². The lowest BCUT2D eigenvalue weighted by atomic mass is 10.1. The molecular weight excluding hydrogens is 396 g/mol. The fourth-order valence-electron chi connectivity index (χ4n) is 3.53. The van der Waals surface area contributed by atoms with Crippen molar-refractivity contribution in [3.8, 4) is 5.75 Å². The van der Waals surface area contributed by atoms with Crippen molar-refractivity contribution < 1.29 is 23.9 Å². The number of esters is 1. The van der Waals surface area contributed by atoms with E-state index in [2.05, 4.69) is 5.32 Å². The number of rotatable bonds is 8. The van der Waals surface area contributed by atoms with Gasteiger partial charge in [-0.3, -0.25) is 14.4 Å². The van der Waals surface area contributed by atoms with Crippen LogP contribution in [0.5, 0.6) is 5.75 Å². The van der Waals surface area contributed by atoms with Crippen molar-refractivity contribution in [3.05, 3.63) is 65.7 Å². The molecule has 1 aliphatic rings. The fraction of sp³-hybridized carbons (Fsp3) is 0.375. The van der Waals surface area contributed by atoms with Gasteiger partial charge in [0.2, 0.25) is 6.10 Å². The number of likely N-dealkylation sites (tertiary alicyclic amines) is 1. The first kappa shape index (κ1) is 22.3. The zero-order valence-electron chi connectivity index (χ0n) is 17.7. The number of carbonyl (C=O) groups excluding carboxylic acids is 3. The van der Waals surface area contributed by atoms with Gasteiger partial charge in [-0.1, -0.05) is 42.5 Å². The molecule has 1 atom stereocenters. The fourth-order valence-corrected chi connectivity index (χ4v) is 3.53. The van der Waals surface area contributed by atoms with Gasteiger partial charge in [0.25, 0.3) is 11.8 Å². The summed E-state index contributed by atoms with van der Waals surface area (Å²) < 4.78 is 11.0. The molecule has 0 radical (unpaired) electrons. The van der Waals surface area contributed by atoms with E-state index < -0.39 is 18.0 Å². The van der Waals surface area contributed by atoms with E-state index in [4.69, 9.17) is 9.47 Å². The summed E-state index contributed by atoms with van der Waals surface area (Å²) in [5.74, 6) is -0.911. The molecule has 2 aromatic rings. The Bertz CT molecular complexity index is 894. The van der Waals surface area contributed by atoms with Crippen LogP contribution >= 0.6 is 0 Å². The number of piperidine rings is 1. The van der Waals surface area contributed by atoms with E-state index >= 15 is 0 Å². The number of nitrogens with one attached hydrogen (secondary N) is 1. The quantitative estimate of drug-likeness (QED) is 0.658. The van der Waals surface area contributed by atoms with Gasteiger partial charge < -0.3 is 19.7 Å². The molecule has 31 heavy (non-hydrogen) atoms. The Morgan fingerprint density at radius 3 is 2.35 bits per heavy atom. The molecule has 1 saturated heterocycles. The van der Waals surface area contributed by atoms with Gasteiger partial charge in [-0.05, 0) is 38.3 Å². The smallest absolute Gasteiger partial charge is 0.326 e. The van der Waals surface area contributed by atoms with E-state index in [1.807, 2.05) is 13.0 Å². The molecule has 7 nitrogen and oxygen atoms in total. The highest BCUT2D eigenvalue weighted by atomic mass is 16.5. The SMILES string of the molecule is CCOc1ccccc1C(=O)NCC(=O)OC(C(=O)N1CCCCC1)c1ccccc1. The Balaban J connectivity index is 1.65. The number of hydrogen-bond donors (Lipinski definition) is 1. The predicted molar refractivity (Wildman–Crippen MR) is 116 cm³/mol. The molecule has 3 rings (SSSR count). The zero-order chi connectivity index (χ0) is 22.1. The van der Waals surface area contributed by atoms with Crippen LogP contribution < -0.4 is 10.1 Å². The van der Waals surface area contributed by atoms with Gasteiger partial charge in [0.15, 0.2) is 0 Å². The molecule has 1 aliphatic heterocycles. The summed E-state index contributed by atoms with van der Waals surface area (Å²) in [5, 5.41) is 2.55. The van der Waals surface area contributed by atoms with E-state index in [1.54, 1.807) is 53.4 Å². The molecule has 1 N–H and O–H groups in total. The lowest BCUT2D eigenvalue weighted by Crippen LogP contribution is -2.41. The second kappa shape index (κ2) is 11.2. The van der Waals surface area contributed by atoms with Gasteiger partial charge in [0.1, 0.15) is 12.3 Å². The number of benzene rings is 2. The lowest BCUT2D eigenvalue weighted by molar-refractivity contribution is -0.160. The second-order valence-electron chi connectivity index (χ2n) is 7.28. The molecule has 2 aromatic carbocycles. The van der Waals surface area contributed by atoms with Crippen molar-refractivity contribution in [2.75, 3.05) is 26.2 Å². The van der Waals surface area contributed by atoms with Gasteiger partial charge in [-0.25, -0.2) is 0 Å². The zero-order valence-corrected chi connectivity index (χ0v) is 17.7. The number of para-hydroxylation sites is 1. The maximum Gasteiger partial charge on any atom is 0.326 e. The minimum atomic E-state index is -1.03. The maximum absolute atomic E-state index is 13.1. The molecule has 1 unspecified atom stereocenters. The minimum Gasteiger partial charge on any atom is -0.493 e. The van der Waals surface area contributed by atoms with Crippen molar-refractivity contribution in [3.63, 3.8) is 0 Å². The number of ether oxygens (including phenoxy) is 2. The molecule has 0 spiro atoms. The molecular formula is C24H28N2O5. The van der Waals surface area contributed by atoms with Gasteiger partial charge in [0, 0.05) is 18.7 Å². The van der Waals surface area contributed by atoms with Crippen molar-refractivity contribution in [1.82, 2.24) is 10.2 Å². The highest BCUT2D eigenvalue weighted by Gasteiger charge is 2.30. The van der Waals surface area contributed by atoms with Crippen LogP contribution in [0.1, 0.15) is 48.2 Å². The molecule has 1 heterocycles. The predicted octanol–water partition coefficient (Wildman–Crippen LogP) is 3.11. The largest absolute Gasteiger partial charge is 0.493 e. The third-order valence-electron chi connectivity index (χ3n) is 5.07. The Kier molecular flexibility index (Phi) is 8.04. The molecule has 2 amide bonds. The average Bonchev–Trinajstić information content (AvgIpc) is 2.82. The van der Waals surface area contributed by atoms with Gasteiger partial charge in [-0.15, -0.1) is 0 Å². The summed E-state index contributed by atoms with van der Waals surface area (Å²) in [4.78, 5) is 39.8. The minimum absolute atomic E-state index is 0.229. The highest BCUT2D eigenvalue weighted by molar-refractivity contribution is 5.98. The van der Waals surface area contributed by atoms with Crippen molar-refractivity contribution in [1.29, 1.82) is 0 Å². The van der Waals surface area contributed by atoms with E-state index in [-0.39, 0.29) is 12.5 Å². The molecule has 164 valence electrons. The molecule has 0 aliphatic carbocycles. The third-order valence-corrected chi connectivity index (χ3v) is 5.07. The summed E-state index contributed by atoms with van der Waals surface area (Å²) in [5.41, 5.74) is 0.945. The Morgan fingerprint density at radius 2 is 1.65 bits per heavy atom. The second-order valence-corrected chi connectivity index (χ2v) is 7.28. The van der Waals surface area contributed by atoms with Crippen LogP contribution in [0.2, 0.25) is 0 Å². The number of hydrogen-bond acceptors (Lipinski definition) is 5. The van der Waals surface area contributed by atoms with Crippen LogP contribution in [0.3, 0.4) is 0 Å². The Labute approximate surface area is 182 Å². The molecule has 1 fully saturated rings. The van der Waals surface area contributed by atoms with Crippen molar-refractivity contribution in [2.24, 2.45) is 0 Å². The summed E-state index contributed by atoms with van der Waals surface area (Å²) in [6.07, 6.45) is 1.95. The first-order valence-corrected chi connectivity index (χ1v) is 10.6. The van der Waals surface area contributed by atoms with E-state index in [0.29, 0.717) is 36.6 Å². The summed E-state index contributed by atoms with van der Waals surface area (Å²) in [7, 11) is 0. The monoisotopic (exact) mass is 424 g/mol. The molecule has 7 heteroatoms. The van der Waals surface area contributed by atoms with Gasteiger partial charge in [0.05, 0.1) is 12.2 Å². The molecule has 0 bridgehead atoms. The number of nitrogens with zero attached hydrogens (tertiary/aromatic N) is 1. The van der Waals surface area contributed by atoms with Crippen molar-refractivity contribution in [2.45, 2.75) is 32.3 Å². The van der Waals surface area contributed by atoms with Crippen LogP contribution in [0.4, 0.5) is 0 Å². The Hall–Kier alpha value is -3.35. The summed E-state index contributed by atoms with van der Waals surface area (Å²) >= 11 is 0. The maximum atomic E-state index is 13.1. The van der Waals surface area contributed by atoms with Crippen molar-refractivity contribution >= 4 is 17.8 Å². The van der Waals surface area contributed by atoms with Gasteiger partial charge in [-0.2, -0.15) is 0 Å². The van der Waals surface area contributed by atoms with E-state index in [9.17, 15) is 14.4 Å². The number of carbonyl (C=O) groups is 3. The van der Waals surface area contributed by atoms with Crippen LogP contribution in [0, 0.1) is 0 Å². The summed E-state index contributed by atoms with van der Waals surface area (Å²) in [6, 6.07) is 15.8. The lowest BCUT2D eigenvalue weighted by Gasteiger charge is -2.30. The molecule has 0 saturated carbocycles. The molecule has 0 aromatic heterocycles. The van der Waals surface area contributed by atoms with Crippen LogP contribution in [-0.4, -0.2) is 48.9 Å². The van der Waals surface area contributed by atoms with Crippen LogP contribution in [0.15, 0.2) is 54.6 Å². The first-order valence-electron chi connectivity index (χ1n) is 10.6. The van der Waals surface area contributed by atoms with Crippen LogP contribution in [-0.2, 0) is 14.3 Å². The highest BCUT2D eigenvalue weighted by Crippen LogP contribution is 2.23. The first-order chi connectivity index (χ1) is 15.1. The van der Waals surface area contributed by atoms with E-state index in [0.717, 1.165) is 19.3 Å². The standard InChI is InChI=1S/C24H28N2O5/c1-2-30-20-14-8-7-13-19(20)23(28)25-17-21(27)31-22(18-11-5-3-6-12-18)24(29)26-15-9-4-10-16-26/h3,5-8,11-14,22H,2,4,9-10,15-17H2,1H3,(H,25,28). The average molecular weight is 424 g/mol.